The number of rotatable bonds is 18. The van der Waals surface area contributed by atoms with Gasteiger partial charge in [-0.1, -0.05) is 60.1 Å². The van der Waals surface area contributed by atoms with E-state index in [-0.39, 0.29) is 31.1 Å². The number of pyridine rings is 1. The zero-order valence-electron chi connectivity index (χ0n) is 35.9. The molecule has 62 heavy (non-hydrogen) atoms. The molecule has 1 spiro atoms. The molecule has 2 fully saturated rings. The van der Waals surface area contributed by atoms with Gasteiger partial charge in [0.2, 0.25) is 5.91 Å². The van der Waals surface area contributed by atoms with Crippen molar-refractivity contribution in [3.05, 3.63) is 124 Å². The number of aliphatic hydroxyl groups is 1. The minimum atomic E-state index is -1.57. The van der Waals surface area contributed by atoms with E-state index in [0.29, 0.717) is 35.1 Å². The Morgan fingerprint density at radius 3 is 2.31 bits per heavy atom. The summed E-state index contributed by atoms with van der Waals surface area (Å²) in [6, 6.07) is 26.2. The number of amides is 1. The lowest BCUT2D eigenvalue weighted by molar-refractivity contribution is -0.146. The number of aromatic nitrogens is 1. The first-order valence-corrected chi connectivity index (χ1v) is 21.5. The molecule has 0 saturated carbocycles. The monoisotopic (exact) mass is 861 g/mol. The maximum absolute atomic E-state index is 11.9. The third kappa shape index (κ3) is 10.3. The van der Waals surface area contributed by atoms with Crippen LogP contribution >= 0.6 is 11.6 Å². The van der Waals surface area contributed by atoms with Crippen LogP contribution in [0.3, 0.4) is 0 Å². The number of anilines is 1. The summed E-state index contributed by atoms with van der Waals surface area (Å²) in [5.41, 5.74) is 8.55. The molecule has 3 heterocycles. The maximum atomic E-state index is 11.9. The molecule has 5 aromatic rings. The Kier molecular flexibility index (Phi) is 14.0. The number of carboxylic acids is 1. The van der Waals surface area contributed by atoms with E-state index in [0.717, 1.165) is 95.0 Å². The Labute approximate surface area is 368 Å². The third-order valence-electron chi connectivity index (χ3n) is 12.5. The Balaban J connectivity index is 1.02. The van der Waals surface area contributed by atoms with Gasteiger partial charge in [-0.3, -0.25) is 24.8 Å². The highest BCUT2D eigenvalue weighted by Gasteiger charge is 2.40. The summed E-state index contributed by atoms with van der Waals surface area (Å²) >= 11 is 6.81. The smallest absolute Gasteiger partial charge is 0.326 e. The van der Waals surface area contributed by atoms with Gasteiger partial charge in [0.05, 0.1) is 17.3 Å². The molecule has 7 rings (SSSR count). The number of hydrogen-bond donors (Lipinski definition) is 5. The van der Waals surface area contributed by atoms with Gasteiger partial charge < -0.3 is 35.1 Å². The van der Waals surface area contributed by atoms with Crippen LogP contribution in [-0.2, 0) is 29.3 Å². The van der Waals surface area contributed by atoms with Crippen LogP contribution in [0.2, 0.25) is 5.02 Å². The number of carboxylic acid groups (broad SMARTS) is 1. The van der Waals surface area contributed by atoms with E-state index in [9.17, 15) is 19.8 Å². The van der Waals surface area contributed by atoms with Crippen molar-refractivity contribution < 1.29 is 34.0 Å². The molecule has 12 nitrogen and oxygen atoms in total. The average molecular weight is 862 g/mol. The molecule has 13 heteroatoms. The Morgan fingerprint density at radius 2 is 1.61 bits per heavy atom. The molecule has 2 aliphatic heterocycles. The molecule has 5 N–H and O–H groups in total. The molecule has 0 radical (unpaired) electrons. The number of likely N-dealkylation sites (tertiary alicyclic amines) is 1. The van der Waals surface area contributed by atoms with Gasteiger partial charge in [-0.05, 0) is 115 Å². The van der Waals surface area contributed by atoms with Crippen molar-refractivity contribution in [2.75, 3.05) is 51.8 Å². The summed E-state index contributed by atoms with van der Waals surface area (Å²) in [4.78, 5) is 30.4. The normalized spacial score (nSPS) is 15.8. The average Bonchev–Trinajstić information content (AvgIpc) is 3.65. The van der Waals surface area contributed by atoms with Gasteiger partial charge in [0.25, 0.3) is 0 Å². The quantitative estimate of drug-likeness (QED) is 0.0587. The molecule has 0 aliphatic carbocycles. The summed E-state index contributed by atoms with van der Waals surface area (Å²) in [6.07, 6.45) is 6.19. The second-order valence-corrected chi connectivity index (χ2v) is 17.1. The van der Waals surface area contributed by atoms with E-state index in [1.807, 2.05) is 37.4 Å². The number of piperidine rings is 1. The number of hydrogen-bond acceptors (Lipinski definition) is 10. The van der Waals surface area contributed by atoms with Gasteiger partial charge in [-0.15, -0.1) is 0 Å². The van der Waals surface area contributed by atoms with Crippen molar-refractivity contribution in [2.24, 2.45) is 5.41 Å². The molecule has 1 aromatic heterocycles. The second-order valence-electron chi connectivity index (χ2n) is 16.7. The number of benzene rings is 4. The van der Waals surface area contributed by atoms with Gasteiger partial charge >= 0.3 is 5.97 Å². The second kappa shape index (κ2) is 19.6. The number of aliphatic carboxylic acids is 1. The highest BCUT2D eigenvalue weighted by molar-refractivity contribution is 6.32. The van der Waals surface area contributed by atoms with Crippen LogP contribution in [0.4, 0.5) is 5.69 Å². The lowest BCUT2D eigenvalue weighted by atomic mass is 9.78. The molecule has 1 unspecified atom stereocenters. The van der Waals surface area contributed by atoms with Crippen molar-refractivity contribution >= 4 is 29.2 Å². The summed E-state index contributed by atoms with van der Waals surface area (Å²) in [7, 11) is 1.81. The predicted molar refractivity (Wildman–Crippen MR) is 242 cm³/mol. The van der Waals surface area contributed by atoms with Gasteiger partial charge in [0.1, 0.15) is 42.6 Å². The fraction of sp³-hybridized carbons (Fsp3) is 0.367. The molecule has 2 aliphatic rings. The number of nitrogens with one attached hydrogen (secondary N) is 3. The Hall–Kier alpha value is -5.66. The minimum Gasteiger partial charge on any atom is -0.492 e. The molecular formula is C49H56ClN5O7. The standard InChI is InChI=1S/C49H56ClN5O7/c1-32-36(29-62-45-23-44(61-28-34-21-38(51-4)27-52-25-34)37(22-43(45)50)26-54-48(3,31-56)47(58)59)7-5-9-41(32)42-10-6-8-40(33(42)2)35-11-13-39(14-12-35)60-20-19-55-17-15-49(16-18-55)24-46(57)53-30-49/h5-14,21-23,25,27,51,54,56H,15-20,24,26,28-31H2,1-4H3,(H,53,57)(H,58,59). The van der Waals surface area contributed by atoms with E-state index in [2.05, 4.69) is 76.1 Å². The summed E-state index contributed by atoms with van der Waals surface area (Å²) in [6.45, 7) is 9.84. The lowest BCUT2D eigenvalue weighted by Gasteiger charge is -2.38. The van der Waals surface area contributed by atoms with Gasteiger partial charge in [0, 0.05) is 62.7 Å². The minimum absolute atomic E-state index is 0.0644. The first-order valence-electron chi connectivity index (χ1n) is 21.1. The van der Waals surface area contributed by atoms with E-state index in [4.69, 9.17) is 25.8 Å². The van der Waals surface area contributed by atoms with Crippen LogP contribution in [0.5, 0.6) is 17.2 Å². The number of aliphatic hydroxyl groups excluding tert-OH is 1. The lowest BCUT2D eigenvalue weighted by Crippen LogP contribution is -2.52. The predicted octanol–water partition coefficient (Wildman–Crippen LogP) is 7.79. The van der Waals surface area contributed by atoms with Crippen molar-refractivity contribution in [3.63, 3.8) is 0 Å². The highest BCUT2D eigenvalue weighted by Crippen LogP contribution is 2.39. The van der Waals surface area contributed by atoms with Crippen LogP contribution in [0.25, 0.3) is 22.3 Å². The number of ether oxygens (including phenoxy) is 3. The third-order valence-corrected chi connectivity index (χ3v) is 12.8. The zero-order valence-corrected chi connectivity index (χ0v) is 36.6. The maximum Gasteiger partial charge on any atom is 0.326 e. The van der Waals surface area contributed by atoms with Gasteiger partial charge in [-0.25, -0.2) is 0 Å². The van der Waals surface area contributed by atoms with Gasteiger partial charge in [-0.2, -0.15) is 0 Å². The molecular weight excluding hydrogens is 806 g/mol. The molecule has 2 saturated heterocycles. The van der Waals surface area contributed by atoms with Crippen molar-refractivity contribution in [2.45, 2.75) is 65.3 Å². The largest absolute Gasteiger partial charge is 0.492 e. The fourth-order valence-corrected chi connectivity index (χ4v) is 8.46. The van der Waals surface area contributed by atoms with Crippen LogP contribution < -0.4 is 30.2 Å². The van der Waals surface area contributed by atoms with Crippen LogP contribution in [0.1, 0.15) is 54.0 Å². The zero-order chi connectivity index (χ0) is 43.9. The fourth-order valence-electron chi connectivity index (χ4n) is 8.22. The van der Waals surface area contributed by atoms with E-state index < -0.39 is 18.1 Å². The number of nitrogens with zero attached hydrogens (tertiary/aromatic N) is 2. The number of carbonyl (C=O) groups excluding carboxylic acids is 1. The summed E-state index contributed by atoms with van der Waals surface area (Å²) in [5.74, 6) is 0.705. The van der Waals surface area contributed by atoms with E-state index >= 15 is 0 Å². The Bertz CT molecular complexity index is 2380. The Morgan fingerprint density at radius 1 is 0.903 bits per heavy atom. The van der Waals surface area contributed by atoms with Crippen LogP contribution in [0.15, 0.2) is 91.3 Å². The van der Waals surface area contributed by atoms with Crippen LogP contribution in [0, 0.1) is 19.3 Å². The molecule has 326 valence electrons. The molecule has 0 bridgehead atoms. The number of halogens is 1. The number of carbonyl (C=O) groups is 2. The van der Waals surface area contributed by atoms with E-state index in [1.165, 1.54) is 6.92 Å². The molecule has 4 aromatic carbocycles. The topological polar surface area (TPSA) is 155 Å². The molecule has 1 atom stereocenters. The summed E-state index contributed by atoms with van der Waals surface area (Å²) in [5, 5.41) is 28.9. The molecule has 1 amide bonds. The van der Waals surface area contributed by atoms with Crippen molar-refractivity contribution in [1.29, 1.82) is 0 Å². The van der Waals surface area contributed by atoms with E-state index in [1.54, 1.807) is 24.5 Å². The SMILES string of the molecule is CNc1cncc(COc2cc(OCc3cccc(-c4cccc(-c5ccc(OCCN6CCC7(CC6)CNC(=O)C7)cc5)c4C)c3C)c(Cl)cc2CNC(C)(CO)C(=O)O)c1. The summed E-state index contributed by atoms with van der Waals surface area (Å²) < 4.78 is 18.8. The first kappa shape index (κ1) is 44.4. The first-order chi connectivity index (χ1) is 29.9. The van der Waals surface area contributed by atoms with Crippen LogP contribution in [-0.4, -0.2) is 84.0 Å². The van der Waals surface area contributed by atoms with Crippen molar-refractivity contribution in [3.8, 4) is 39.5 Å². The van der Waals surface area contributed by atoms with Crippen molar-refractivity contribution in [1.82, 2.24) is 20.5 Å². The highest BCUT2D eigenvalue weighted by atomic mass is 35.5. The van der Waals surface area contributed by atoms with Gasteiger partial charge in [0.15, 0.2) is 0 Å².